The molecule has 1 aromatic heterocycles. The SMILES string of the molecule is CC(c1ccccc1C#CCCO)n1c(=O)oc2cc(S(C)(=O)=O)c(F)cc21. The lowest BCUT2D eigenvalue weighted by atomic mass is 10.0. The lowest BCUT2D eigenvalue weighted by molar-refractivity contribution is 0.305. The number of sulfone groups is 1. The number of benzene rings is 2. The van der Waals surface area contributed by atoms with Crippen LogP contribution < -0.4 is 5.76 Å². The molecule has 1 N–H and O–H groups in total. The first-order valence-corrected chi connectivity index (χ1v) is 10.4. The highest BCUT2D eigenvalue weighted by Crippen LogP contribution is 2.27. The Morgan fingerprint density at radius 2 is 2.00 bits per heavy atom. The molecule has 3 rings (SSSR count). The van der Waals surface area contributed by atoms with Crippen molar-refractivity contribution in [3.63, 3.8) is 0 Å². The van der Waals surface area contributed by atoms with E-state index in [2.05, 4.69) is 11.8 Å². The molecule has 2 aromatic carbocycles. The Labute approximate surface area is 161 Å². The summed E-state index contributed by atoms with van der Waals surface area (Å²) in [6, 6.07) is 8.64. The smallest absolute Gasteiger partial charge is 0.408 e. The predicted octanol–water partition coefficient (Wildman–Crippen LogP) is 2.48. The van der Waals surface area contributed by atoms with Crippen molar-refractivity contribution in [1.82, 2.24) is 4.57 Å². The fourth-order valence-electron chi connectivity index (χ4n) is 3.01. The summed E-state index contributed by atoms with van der Waals surface area (Å²) in [5.41, 5.74) is 1.52. The van der Waals surface area contributed by atoms with Gasteiger partial charge in [0.15, 0.2) is 15.4 Å². The first-order valence-electron chi connectivity index (χ1n) is 8.47. The van der Waals surface area contributed by atoms with Crippen molar-refractivity contribution in [2.24, 2.45) is 0 Å². The molecule has 0 saturated heterocycles. The maximum Gasteiger partial charge on any atom is 0.420 e. The molecule has 1 heterocycles. The van der Waals surface area contributed by atoms with Crippen LogP contribution in [-0.2, 0) is 9.84 Å². The first kappa shape index (κ1) is 19.9. The monoisotopic (exact) mass is 403 g/mol. The maximum absolute atomic E-state index is 14.4. The van der Waals surface area contributed by atoms with Gasteiger partial charge in [0.1, 0.15) is 10.7 Å². The molecule has 8 heteroatoms. The Morgan fingerprint density at radius 1 is 1.29 bits per heavy atom. The van der Waals surface area contributed by atoms with E-state index in [1.807, 2.05) is 0 Å². The van der Waals surface area contributed by atoms with E-state index in [0.29, 0.717) is 17.5 Å². The van der Waals surface area contributed by atoms with Crippen molar-refractivity contribution in [1.29, 1.82) is 0 Å². The van der Waals surface area contributed by atoms with E-state index in [0.717, 1.165) is 18.4 Å². The van der Waals surface area contributed by atoms with E-state index < -0.39 is 32.3 Å². The summed E-state index contributed by atoms with van der Waals surface area (Å²) in [6.45, 7) is 1.68. The summed E-state index contributed by atoms with van der Waals surface area (Å²) < 4.78 is 44.2. The van der Waals surface area contributed by atoms with Gasteiger partial charge >= 0.3 is 5.76 Å². The Kier molecular flexibility index (Phi) is 5.40. The average Bonchev–Trinajstić information content (AvgIpc) is 2.95. The number of aliphatic hydroxyl groups is 1. The molecular formula is C20H18FNO5S. The van der Waals surface area contributed by atoms with E-state index >= 15 is 0 Å². The molecular weight excluding hydrogens is 385 g/mol. The molecule has 0 spiro atoms. The molecule has 1 atom stereocenters. The third-order valence-corrected chi connectivity index (χ3v) is 5.44. The molecule has 3 aromatic rings. The predicted molar refractivity (Wildman–Crippen MR) is 102 cm³/mol. The second-order valence-electron chi connectivity index (χ2n) is 6.30. The Bertz CT molecular complexity index is 1260. The van der Waals surface area contributed by atoms with E-state index in [4.69, 9.17) is 9.52 Å². The van der Waals surface area contributed by atoms with Crippen LogP contribution in [0.1, 0.15) is 30.5 Å². The van der Waals surface area contributed by atoms with Crippen LogP contribution in [0, 0.1) is 17.7 Å². The van der Waals surface area contributed by atoms with Gasteiger partial charge in [0.25, 0.3) is 0 Å². The van der Waals surface area contributed by atoms with E-state index in [9.17, 15) is 17.6 Å². The number of halogens is 1. The zero-order valence-corrected chi connectivity index (χ0v) is 16.1. The van der Waals surface area contributed by atoms with Crippen molar-refractivity contribution in [2.75, 3.05) is 12.9 Å². The number of rotatable bonds is 4. The third-order valence-electron chi connectivity index (χ3n) is 4.32. The van der Waals surface area contributed by atoms with Crippen molar-refractivity contribution in [2.45, 2.75) is 24.3 Å². The summed E-state index contributed by atoms with van der Waals surface area (Å²) in [5.74, 6) is 4.11. The number of oxazole rings is 1. The van der Waals surface area contributed by atoms with Crippen LogP contribution in [0.15, 0.2) is 50.5 Å². The van der Waals surface area contributed by atoms with Crippen LogP contribution in [0.25, 0.3) is 11.1 Å². The lowest BCUT2D eigenvalue weighted by Gasteiger charge is -2.15. The van der Waals surface area contributed by atoms with E-state index in [1.54, 1.807) is 31.2 Å². The van der Waals surface area contributed by atoms with Crippen LogP contribution in [0.4, 0.5) is 4.39 Å². The zero-order valence-electron chi connectivity index (χ0n) is 15.3. The van der Waals surface area contributed by atoms with Gasteiger partial charge in [-0.25, -0.2) is 17.6 Å². The van der Waals surface area contributed by atoms with Gasteiger partial charge in [-0.15, -0.1) is 0 Å². The molecule has 1 unspecified atom stereocenters. The number of hydrogen-bond donors (Lipinski definition) is 1. The van der Waals surface area contributed by atoms with E-state index in [-0.39, 0.29) is 17.7 Å². The van der Waals surface area contributed by atoms with Crippen molar-refractivity contribution >= 4 is 20.9 Å². The minimum absolute atomic E-state index is 0.0116. The molecule has 0 aliphatic rings. The van der Waals surface area contributed by atoms with Gasteiger partial charge in [-0.1, -0.05) is 30.0 Å². The Balaban J connectivity index is 2.18. The third kappa shape index (κ3) is 3.72. The molecule has 0 amide bonds. The Morgan fingerprint density at radius 3 is 2.68 bits per heavy atom. The van der Waals surface area contributed by atoms with E-state index in [1.165, 1.54) is 4.57 Å². The minimum Gasteiger partial charge on any atom is -0.408 e. The van der Waals surface area contributed by atoms with Crippen LogP contribution in [0.5, 0.6) is 0 Å². The molecule has 0 radical (unpaired) electrons. The minimum atomic E-state index is -3.81. The normalized spacial score (nSPS) is 12.6. The summed E-state index contributed by atoms with van der Waals surface area (Å²) in [4.78, 5) is 11.9. The van der Waals surface area contributed by atoms with Crippen molar-refractivity contribution in [3.05, 3.63) is 63.9 Å². The van der Waals surface area contributed by atoms with Gasteiger partial charge in [-0.2, -0.15) is 0 Å². The lowest BCUT2D eigenvalue weighted by Crippen LogP contribution is -2.20. The summed E-state index contributed by atoms with van der Waals surface area (Å²) >= 11 is 0. The maximum atomic E-state index is 14.4. The van der Waals surface area contributed by atoms with Gasteiger partial charge in [0.05, 0.1) is 18.2 Å². The van der Waals surface area contributed by atoms with Crippen molar-refractivity contribution < 1.29 is 22.3 Å². The zero-order chi connectivity index (χ0) is 20.5. The fourth-order valence-corrected chi connectivity index (χ4v) is 3.75. The van der Waals surface area contributed by atoms with Gasteiger partial charge in [-0.05, 0) is 18.6 Å². The quantitative estimate of drug-likeness (QED) is 0.676. The average molecular weight is 403 g/mol. The summed E-state index contributed by atoms with van der Waals surface area (Å²) in [7, 11) is -3.81. The van der Waals surface area contributed by atoms with Gasteiger partial charge in [0, 0.05) is 30.4 Å². The molecule has 0 saturated carbocycles. The number of aliphatic hydroxyl groups excluding tert-OH is 1. The molecule has 0 bridgehead atoms. The highest BCUT2D eigenvalue weighted by atomic mass is 32.2. The molecule has 0 fully saturated rings. The second kappa shape index (κ2) is 7.62. The molecule has 0 aliphatic heterocycles. The standard InChI is InChI=1S/C20H18FNO5S/c1-13(15-9-4-3-7-14(15)8-5-6-10-23)22-17-11-16(21)19(28(2,25)26)12-18(17)27-20(22)24/h3-4,7,9,11-13,23H,6,10H2,1-2H3. The van der Waals surface area contributed by atoms with Crippen LogP contribution >= 0.6 is 0 Å². The van der Waals surface area contributed by atoms with Gasteiger partial charge in [0.2, 0.25) is 0 Å². The number of aromatic nitrogens is 1. The molecule has 0 aliphatic carbocycles. The molecule has 6 nitrogen and oxygen atoms in total. The summed E-state index contributed by atoms with van der Waals surface area (Å²) in [5, 5.41) is 8.89. The number of fused-ring (bicyclic) bond motifs is 1. The second-order valence-corrected chi connectivity index (χ2v) is 8.28. The van der Waals surface area contributed by atoms with Crippen molar-refractivity contribution in [3.8, 4) is 11.8 Å². The molecule has 146 valence electrons. The van der Waals surface area contributed by atoms with Crippen LogP contribution in [0.2, 0.25) is 0 Å². The Hall–Kier alpha value is -2.89. The largest absolute Gasteiger partial charge is 0.420 e. The highest BCUT2D eigenvalue weighted by Gasteiger charge is 2.23. The topological polar surface area (TPSA) is 89.5 Å². The van der Waals surface area contributed by atoms with Gasteiger partial charge in [-0.3, -0.25) is 4.57 Å². The van der Waals surface area contributed by atoms with Gasteiger partial charge < -0.3 is 9.52 Å². The van der Waals surface area contributed by atoms with Crippen LogP contribution in [-0.4, -0.2) is 31.0 Å². The first-order chi connectivity index (χ1) is 13.2. The van der Waals surface area contributed by atoms with Crippen LogP contribution in [0.3, 0.4) is 0 Å². The highest BCUT2D eigenvalue weighted by molar-refractivity contribution is 7.90. The number of hydrogen-bond acceptors (Lipinski definition) is 5. The summed E-state index contributed by atoms with van der Waals surface area (Å²) in [6.07, 6.45) is 1.20. The fraction of sp³-hybridized carbons (Fsp3) is 0.250. The molecule has 28 heavy (non-hydrogen) atoms. The number of nitrogens with zero attached hydrogens (tertiary/aromatic N) is 1.